The van der Waals surface area contributed by atoms with Crippen LogP contribution in [0, 0.1) is 0 Å². The van der Waals surface area contributed by atoms with E-state index in [9.17, 15) is 0 Å². The van der Waals surface area contributed by atoms with Crippen LogP contribution in [0.5, 0.6) is 0 Å². The van der Waals surface area contributed by atoms with Crippen molar-refractivity contribution in [2.24, 2.45) is 12.0 Å². The van der Waals surface area contributed by atoms with E-state index in [2.05, 4.69) is 62.8 Å². The van der Waals surface area contributed by atoms with Crippen molar-refractivity contribution in [1.29, 1.82) is 0 Å². The Morgan fingerprint density at radius 1 is 1.25 bits per heavy atom. The number of ether oxygens (including phenoxy) is 1. The monoisotopic (exact) mass is 491 g/mol. The van der Waals surface area contributed by atoms with Crippen molar-refractivity contribution in [2.45, 2.75) is 12.6 Å². The van der Waals surface area contributed by atoms with Crippen molar-refractivity contribution >= 4 is 40.7 Å². The Morgan fingerprint density at radius 3 is 2.86 bits per heavy atom. The van der Waals surface area contributed by atoms with Gasteiger partial charge in [-0.1, -0.05) is 42.5 Å². The zero-order chi connectivity index (χ0) is 18.6. The molecule has 0 radical (unpaired) electrons. The van der Waals surface area contributed by atoms with Crippen LogP contribution in [0.3, 0.4) is 0 Å². The van der Waals surface area contributed by atoms with E-state index in [0.29, 0.717) is 6.61 Å². The molecule has 3 aromatic rings. The fourth-order valence-corrected chi connectivity index (χ4v) is 3.60. The molecule has 148 valence electrons. The highest BCUT2D eigenvalue weighted by Crippen LogP contribution is 2.22. The number of nitrogens with zero attached hydrogens (tertiary/aromatic N) is 4. The molecule has 0 aliphatic carbocycles. The Hall–Kier alpha value is -2.13. The molecule has 6 nitrogen and oxygen atoms in total. The number of fused-ring (bicyclic) bond motifs is 1. The lowest BCUT2D eigenvalue weighted by atomic mass is 10.0. The summed E-state index contributed by atoms with van der Waals surface area (Å²) in [6, 6.07) is 14.9. The van der Waals surface area contributed by atoms with E-state index in [-0.39, 0.29) is 30.1 Å². The summed E-state index contributed by atoms with van der Waals surface area (Å²) in [5.41, 5.74) is 2.37. The summed E-state index contributed by atoms with van der Waals surface area (Å²) < 4.78 is 7.76. The average molecular weight is 491 g/mol. The molecule has 1 aliphatic rings. The fraction of sp³-hybridized carbons (Fsp3) is 0.333. The topological polar surface area (TPSA) is 54.7 Å². The van der Waals surface area contributed by atoms with E-state index in [1.165, 1.54) is 16.3 Å². The average Bonchev–Trinajstić information content (AvgIpc) is 3.15. The van der Waals surface area contributed by atoms with Gasteiger partial charge in [-0.25, -0.2) is 0 Å². The summed E-state index contributed by atoms with van der Waals surface area (Å²) in [7, 11) is 3.76. The molecule has 0 amide bonds. The number of nitrogens with one attached hydrogen (secondary N) is 1. The first-order valence-corrected chi connectivity index (χ1v) is 9.27. The van der Waals surface area contributed by atoms with Crippen LogP contribution in [-0.2, 0) is 18.3 Å². The van der Waals surface area contributed by atoms with Gasteiger partial charge >= 0.3 is 0 Å². The van der Waals surface area contributed by atoms with E-state index >= 15 is 0 Å². The lowest BCUT2D eigenvalue weighted by molar-refractivity contribution is -0.00805. The molecular weight excluding hydrogens is 465 g/mol. The Labute approximate surface area is 182 Å². The van der Waals surface area contributed by atoms with Gasteiger partial charge in [0.25, 0.3) is 0 Å². The van der Waals surface area contributed by atoms with Gasteiger partial charge in [0, 0.05) is 38.9 Å². The molecule has 1 aliphatic heterocycles. The van der Waals surface area contributed by atoms with Gasteiger partial charge in [-0.3, -0.25) is 9.67 Å². The second-order valence-corrected chi connectivity index (χ2v) is 6.79. The van der Waals surface area contributed by atoms with E-state index in [0.717, 1.165) is 31.2 Å². The number of aliphatic imine (C=N–C) groups is 1. The SMILES string of the molecule is CN=C(NCc1cccc2ccccc12)N1CCOC(c2cnn(C)c2)C1.I. The minimum Gasteiger partial charge on any atom is -0.370 e. The predicted molar refractivity (Wildman–Crippen MR) is 123 cm³/mol. The Morgan fingerprint density at radius 2 is 2.07 bits per heavy atom. The van der Waals surface area contributed by atoms with Crippen LogP contribution in [0.25, 0.3) is 10.8 Å². The zero-order valence-electron chi connectivity index (χ0n) is 16.2. The normalized spacial score (nSPS) is 17.4. The fourth-order valence-electron chi connectivity index (χ4n) is 3.60. The first-order chi connectivity index (χ1) is 13.2. The first kappa shape index (κ1) is 20.6. The number of benzene rings is 2. The predicted octanol–water partition coefficient (Wildman–Crippen LogP) is 3.34. The number of rotatable bonds is 3. The van der Waals surface area contributed by atoms with Crippen LogP contribution in [0.1, 0.15) is 17.2 Å². The molecule has 1 N–H and O–H groups in total. The zero-order valence-corrected chi connectivity index (χ0v) is 18.5. The maximum atomic E-state index is 5.94. The second kappa shape index (κ2) is 9.38. The maximum Gasteiger partial charge on any atom is 0.194 e. The van der Waals surface area contributed by atoms with E-state index in [1.54, 1.807) is 0 Å². The number of halogens is 1. The Kier molecular flexibility index (Phi) is 6.90. The van der Waals surface area contributed by atoms with Gasteiger partial charge in [-0.2, -0.15) is 5.10 Å². The van der Waals surface area contributed by atoms with Crippen molar-refractivity contribution < 1.29 is 4.74 Å². The van der Waals surface area contributed by atoms with Crippen LogP contribution in [-0.4, -0.2) is 47.4 Å². The number of hydrogen-bond donors (Lipinski definition) is 1. The molecular formula is C21H26IN5O. The molecule has 28 heavy (non-hydrogen) atoms. The first-order valence-electron chi connectivity index (χ1n) is 9.27. The lowest BCUT2D eigenvalue weighted by Gasteiger charge is -2.34. The van der Waals surface area contributed by atoms with Crippen LogP contribution in [0.2, 0.25) is 0 Å². The third-order valence-corrected chi connectivity index (χ3v) is 4.99. The maximum absolute atomic E-state index is 5.94. The van der Waals surface area contributed by atoms with Gasteiger partial charge in [0.05, 0.1) is 19.3 Å². The molecule has 1 unspecified atom stereocenters. The standard InChI is InChI=1S/C21H25N5O.HI/c1-22-21(23-12-17-8-5-7-16-6-3-4-9-19(16)17)26-10-11-27-20(15-26)18-13-24-25(2)14-18;/h3-9,13-14,20H,10-12,15H2,1-2H3,(H,22,23);1H. The lowest BCUT2D eigenvalue weighted by Crippen LogP contribution is -2.47. The summed E-state index contributed by atoms with van der Waals surface area (Å²) in [4.78, 5) is 6.75. The molecule has 7 heteroatoms. The number of guanidine groups is 1. The summed E-state index contributed by atoms with van der Waals surface area (Å²) in [6.45, 7) is 3.00. The van der Waals surface area contributed by atoms with Crippen LogP contribution < -0.4 is 5.32 Å². The highest BCUT2D eigenvalue weighted by atomic mass is 127. The van der Waals surface area contributed by atoms with Gasteiger partial charge < -0.3 is 15.0 Å². The van der Waals surface area contributed by atoms with Crippen molar-refractivity contribution in [2.75, 3.05) is 26.7 Å². The summed E-state index contributed by atoms with van der Waals surface area (Å²) in [6.07, 6.45) is 3.91. The van der Waals surface area contributed by atoms with E-state index in [4.69, 9.17) is 4.74 Å². The highest BCUT2D eigenvalue weighted by Gasteiger charge is 2.25. The number of aromatic nitrogens is 2. The summed E-state index contributed by atoms with van der Waals surface area (Å²) >= 11 is 0. The van der Waals surface area contributed by atoms with Gasteiger partial charge in [0.15, 0.2) is 5.96 Å². The molecule has 1 fully saturated rings. The van der Waals surface area contributed by atoms with Crippen LogP contribution >= 0.6 is 24.0 Å². The summed E-state index contributed by atoms with van der Waals surface area (Å²) in [5, 5.41) is 10.3. The van der Waals surface area contributed by atoms with Crippen LogP contribution in [0.15, 0.2) is 59.9 Å². The van der Waals surface area contributed by atoms with Crippen molar-refractivity contribution in [1.82, 2.24) is 20.0 Å². The van der Waals surface area contributed by atoms with Gasteiger partial charge in [0.1, 0.15) is 6.10 Å². The minimum absolute atomic E-state index is 0. The Bertz CT molecular complexity index is 949. The molecule has 0 spiro atoms. The minimum atomic E-state index is 0. The second-order valence-electron chi connectivity index (χ2n) is 6.79. The van der Waals surface area contributed by atoms with Crippen molar-refractivity contribution in [3.8, 4) is 0 Å². The molecule has 0 saturated carbocycles. The van der Waals surface area contributed by atoms with E-state index < -0.39 is 0 Å². The molecule has 1 atom stereocenters. The molecule has 0 bridgehead atoms. The molecule has 2 heterocycles. The van der Waals surface area contributed by atoms with Crippen molar-refractivity contribution in [3.05, 3.63) is 66.0 Å². The number of morpholine rings is 1. The quantitative estimate of drug-likeness (QED) is 0.347. The Balaban J connectivity index is 0.00000225. The number of aryl methyl sites for hydroxylation is 1. The third-order valence-electron chi connectivity index (χ3n) is 4.99. The summed E-state index contributed by atoms with van der Waals surface area (Å²) in [5.74, 6) is 0.903. The van der Waals surface area contributed by atoms with Gasteiger partial charge in [-0.15, -0.1) is 24.0 Å². The van der Waals surface area contributed by atoms with Gasteiger partial charge in [-0.05, 0) is 16.3 Å². The number of hydrogen-bond acceptors (Lipinski definition) is 3. The van der Waals surface area contributed by atoms with E-state index in [1.807, 2.05) is 31.2 Å². The molecule has 1 saturated heterocycles. The molecule has 2 aromatic carbocycles. The molecule has 4 rings (SSSR count). The largest absolute Gasteiger partial charge is 0.370 e. The van der Waals surface area contributed by atoms with Crippen molar-refractivity contribution in [3.63, 3.8) is 0 Å². The smallest absolute Gasteiger partial charge is 0.194 e. The highest BCUT2D eigenvalue weighted by molar-refractivity contribution is 14.0. The molecule has 1 aromatic heterocycles. The third kappa shape index (κ3) is 4.47. The van der Waals surface area contributed by atoms with Gasteiger partial charge in [0.2, 0.25) is 0 Å². The van der Waals surface area contributed by atoms with Crippen LogP contribution in [0.4, 0.5) is 0 Å².